The Balaban J connectivity index is 1.50. The van der Waals surface area contributed by atoms with Crippen molar-refractivity contribution in [3.63, 3.8) is 0 Å². The zero-order chi connectivity index (χ0) is 19.9. The largest absolute Gasteiger partial charge is 0.497 e. The monoisotopic (exact) mass is 411 g/mol. The molecule has 1 fully saturated rings. The van der Waals surface area contributed by atoms with Crippen molar-refractivity contribution in [1.82, 2.24) is 14.8 Å². The van der Waals surface area contributed by atoms with Gasteiger partial charge in [-0.1, -0.05) is 30.0 Å². The van der Waals surface area contributed by atoms with Crippen molar-refractivity contribution in [3.05, 3.63) is 60.4 Å². The molecule has 0 saturated carbocycles. The quantitative estimate of drug-likeness (QED) is 0.508. The fourth-order valence-corrected chi connectivity index (χ4v) is 4.29. The minimum absolute atomic E-state index is 0.286. The highest BCUT2D eigenvalue weighted by molar-refractivity contribution is 7.99. The summed E-state index contributed by atoms with van der Waals surface area (Å²) in [6.07, 6.45) is 3.79. The fraction of sp³-hybridized carbons (Fsp3) is 0.364. The Morgan fingerprint density at radius 1 is 1.03 bits per heavy atom. The highest BCUT2D eigenvalue weighted by Gasteiger charge is 2.19. The van der Waals surface area contributed by atoms with Gasteiger partial charge in [0.2, 0.25) is 0 Å². The maximum atomic E-state index is 5.95. The topological polar surface area (TPSA) is 58.4 Å². The van der Waals surface area contributed by atoms with Gasteiger partial charge in [-0.25, -0.2) is 0 Å². The van der Waals surface area contributed by atoms with E-state index in [0.717, 1.165) is 53.4 Å². The van der Waals surface area contributed by atoms with Gasteiger partial charge in [0.15, 0.2) is 11.0 Å². The Labute approximate surface area is 175 Å². The third kappa shape index (κ3) is 5.10. The summed E-state index contributed by atoms with van der Waals surface area (Å²) in [6.45, 7) is 1.19. The number of thioether (sulfide) groups is 1. The fourth-order valence-electron chi connectivity index (χ4n) is 3.25. The van der Waals surface area contributed by atoms with Crippen molar-refractivity contribution in [1.29, 1.82) is 0 Å². The van der Waals surface area contributed by atoms with E-state index < -0.39 is 0 Å². The predicted octanol–water partition coefficient (Wildman–Crippen LogP) is 4.52. The standard InChI is InChI=1S/C22H25N3O3S/c1-26-18-10-12-19(13-11-18)28-15-21-23-24-22(25(21)17-7-3-2-4-8-17)29-16-20-9-5-6-14-27-20/h2-4,7-8,10-13,20H,5-6,9,14-16H2,1H3/t20-/m0/s1. The van der Waals surface area contributed by atoms with Gasteiger partial charge in [0.05, 0.1) is 13.2 Å². The molecule has 1 atom stereocenters. The molecule has 2 aromatic carbocycles. The molecule has 1 aliphatic rings. The Morgan fingerprint density at radius 2 is 1.83 bits per heavy atom. The number of benzene rings is 2. The first-order valence-corrected chi connectivity index (χ1v) is 10.8. The normalized spacial score (nSPS) is 16.5. The molecule has 6 nitrogen and oxygen atoms in total. The molecule has 0 radical (unpaired) electrons. The number of nitrogens with zero attached hydrogens (tertiary/aromatic N) is 3. The van der Waals surface area contributed by atoms with Gasteiger partial charge in [0, 0.05) is 18.0 Å². The van der Waals surface area contributed by atoms with Crippen LogP contribution in [0.3, 0.4) is 0 Å². The lowest BCUT2D eigenvalue weighted by Crippen LogP contribution is -2.21. The highest BCUT2D eigenvalue weighted by atomic mass is 32.2. The molecule has 0 unspecified atom stereocenters. The number of para-hydroxylation sites is 1. The summed E-state index contributed by atoms with van der Waals surface area (Å²) in [7, 11) is 1.65. The molecule has 29 heavy (non-hydrogen) atoms. The van der Waals surface area contributed by atoms with E-state index in [9.17, 15) is 0 Å². The van der Waals surface area contributed by atoms with Crippen molar-refractivity contribution in [3.8, 4) is 17.2 Å². The molecule has 0 bridgehead atoms. The van der Waals surface area contributed by atoms with E-state index in [2.05, 4.69) is 26.9 Å². The van der Waals surface area contributed by atoms with Gasteiger partial charge in [-0.15, -0.1) is 10.2 Å². The van der Waals surface area contributed by atoms with Crippen LogP contribution in [-0.4, -0.2) is 40.3 Å². The van der Waals surface area contributed by atoms with Gasteiger partial charge in [-0.2, -0.15) is 0 Å². The Bertz CT molecular complexity index is 893. The van der Waals surface area contributed by atoms with Crippen LogP contribution < -0.4 is 9.47 Å². The number of aromatic nitrogens is 3. The predicted molar refractivity (Wildman–Crippen MR) is 113 cm³/mol. The minimum Gasteiger partial charge on any atom is -0.497 e. The lowest BCUT2D eigenvalue weighted by Gasteiger charge is -2.22. The number of hydrogen-bond acceptors (Lipinski definition) is 6. The third-order valence-electron chi connectivity index (χ3n) is 4.81. The van der Waals surface area contributed by atoms with Crippen molar-refractivity contribution in [2.45, 2.75) is 37.1 Å². The molecule has 0 amide bonds. The molecule has 1 aliphatic heterocycles. The van der Waals surface area contributed by atoms with Crippen molar-refractivity contribution < 1.29 is 14.2 Å². The van der Waals surface area contributed by atoms with Crippen molar-refractivity contribution in [2.75, 3.05) is 19.5 Å². The smallest absolute Gasteiger partial charge is 0.196 e. The second-order valence-corrected chi connectivity index (χ2v) is 7.82. The van der Waals surface area contributed by atoms with E-state index in [1.165, 1.54) is 6.42 Å². The average molecular weight is 412 g/mol. The number of methoxy groups -OCH3 is 1. The SMILES string of the molecule is COc1ccc(OCc2nnc(SC[C@@H]3CCCCO3)n2-c2ccccc2)cc1. The second-order valence-electron chi connectivity index (χ2n) is 6.83. The van der Waals surface area contributed by atoms with Crippen LogP contribution in [0.4, 0.5) is 0 Å². The van der Waals surface area contributed by atoms with Crippen LogP contribution in [0.15, 0.2) is 59.8 Å². The minimum atomic E-state index is 0.286. The molecular weight excluding hydrogens is 386 g/mol. The van der Waals surface area contributed by atoms with Crippen LogP contribution in [0.2, 0.25) is 0 Å². The van der Waals surface area contributed by atoms with Crippen molar-refractivity contribution in [2.24, 2.45) is 0 Å². The summed E-state index contributed by atoms with van der Waals surface area (Å²) < 4.78 is 19.1. The summed E-state index contributed by atoms with van der Waals surface area (Å²) in [5.41, 5.74) is 1.03. The number of ether oxygens (including phenoxy) is 3. The first-order chi connectivity index (χ1) is 14.3. The zero-order valence-corrected chi connectivity index (χ0v) is 17.3. The van der Waals surface area contributed by atoms with Crippen LogP contribution in [0, 0.1) is 0 Å². The summed E-state index contributed by atoms with van der Waals surface area (Å²) in [4.78, 5) is 0. The molecule has 3 aromatic rings. The van der Waals surface area contributed by atoms with E-state index in [1.807, 2.05) is 42.5 Å². The maximum Gasteiger partial charge on any atom is 0.196 e. The molecule has 0 aliphatic carbocycles. The number of rotatable bonds is 8. The first-order valence-electron chi connectivity index (χ1n) is 9.84. The Hall–Kier alpha value is -2.51. The summed E-state index contributed by atoms with van der Waals surface area (Å²) in [5, 5.41) is 9.70. The number of hydrogen-bond donors (Lipinski definition) is 0. The van der Waals surface area contributed by atoms with Gasteiger partial charge >= 0.3 is 0 Å². The van der Waals surface area contributed by atoms with Crippen LogP contribution in [0.25, 0.3) is 5.69 Å². The van der Waals surface area contributed by atoms with E-state index in [0.29, 0.717) is 6.61 Å². The average Bonchev–Trinajstić information content (AvgIpc) is 3.20. The first kappa shape index (κ1) is 19.8. The van der Waals surface area contributed by atoms with E-state index in [1.54, 1.807) is 18.9 Å². The van der Waals surface area contributed by atoms with E-state index in [4.69, 9.17) is 14.2 Å². The highest BCUT2D eigenvalue weighted by Crippen LogP contribution is 2.26. The maximum absolute atomic E-state index is 5.95. The van der Waals surface area contributed by atoms with Gasteiger partial charge in [-0.3, -0.25) is 4.57 Å². The van der Waals surface area contributed by atoms with Crippen molar-refractivity contribution >= 4 is 11.8 Å². The van der Waals surface area contributed by atoms with Crippen LogP contribution in [0.1, 0.15) is 25.1 Å². The lowest BCUT2D eigenvalue weighted by molar-refractivity contribution is 0.0315. The summed E-state index contributed by atoms with van der Waals surface area (Å²) in [5.74, 6) is 3.20. The van der Waals surface area contributed by atoms with Crippen LogP contribution in [0.5, 0.6) is 11.5 Å². The van der Waals surface area contributed by atoms with E-state index >= 15 is 0 Å². The van der Waals surface area contributed by atoms with Crippen LogP contribution in [-0.2, 0) is 11.3 Å². The Kier molecular flexibility index (Phi) is 6.69. The zero-order valence-electron chi connectivity index (χ0n) is 16.5. The van der Waals surface area contributed by atoms with Gasteiger partial charge < -0.3 is 14.2 Å². The molecule has 0 spiro atoms. The van der Waals surface area contributed by atoms with Gasteiger partial charge in [0.1, 0.15) is 18.1 Å². The lowest BCUT2D eigenvalue weighted by atomic mass is 10.1. The van der Waals surface area contributed by atoms with Crippen LogP contribution >= 0.6 is 11.8 Å². The molecule has 1 aromatic heterocycles. The Morgan fingerprint density at radius 3 is 2.55 bits per heavy atom. The molecule has 1 saturated heterocycles. The molecule has 152 valence electrons. The van der Waals surface area contributed by atoms with Gasteiger partial charge in [-0.05, 0) is 55.7 Å². The molecule has 7 heteroatoms. The molecule has 4 rings (SSSR count). The summed E-state index contributed by atoms with van der Waals surface area (Å²) in [6, 6.07) is 17.7. The second kappa shape index (κ2) is 9.80. The molecule has 2 heterocycles. The van der Waals surface area contributed by atoms with E-state index in [-0.39, 0.29) is 6.10 Å². The molecular formula is C22H25N3O3S. The van der Waals surface area contributed by atoms with Gasteiger partial charge in [0.25, 0.3) is 0 Å². The summed E-state index contributed by atoms with van der Waals surface area (Å²) >= 11 is 1.69. The third-order valence-corrected chi connectivity index (χ3v) is 5.88. The molecule has 0 N–H and O–H groups in total.